The highest BCUT2D eigenvalue weighted by molar-refractivity contribution is 5.82. The van der Waals surface area contributed by atoms with Gasteiger partial charge < -0.3 is 15.2 Å². The summed E-state index contributed by atoms with van der Waals surface area (Å²) in [5, 5.41) is 7.43. The smallest absolute Gasteiger partial charge is 0.127 e. The minimum atomic E-state index is -0.274. The molecule has 5 nitrogen and oxygen atoms in total. The Morgan fingerprint density at radius 2 is 2.44 bits per heavy atom. The first-order chi connectivity index (χ1) is 8.69. The molecule has 0 spiro atoms. The van der Waals surface area contributed by atoms with Crippen molar-refractivity contribution >= 4 is 5.84 Å². The molecular weight excluding hydrogens is 230 g/mol. The lowest BCUT2D eigenvalue weighted by atomic mass is 10.1. The summed E-state index contributed by atoms with van der Waals surface area (Å²) in [4.78, 5) is 2.24. The van der Waals surface area contributed by atoms with Crippen LogP contribution in [-0.4, -0.2) is 43.6 Å². The van der Waals surface area contributed by atoms with Crippen LogP contribution in [-0.2, 0) is 11.3 Å². The second-order valence-corrected chi connectivity index (χ2v) is 4.40. The first-order valence-electron chi connectivity index (χ1n) is 6.00. The molecule has 0 saturated carbocycles. The van der Waals surface area contributed by atoms with E-state index in [9.17, 15) is 0 Å². The van der Waals surface area contributed by atoms with Gasteiger partial charge in [0, 0.05) is 19.6 Å². The Labute approximate surface area is 107 Å². The molecular formula is C13H19N3O2. The second kappa shape index (κ2) is 5.84. The Balaban J connectivity index is 1.97. The third-order valence-electron chi connectivity index (χ3n) is 3.04. The fourth-order valence-electron chi connectivity index (χ4n) is 2.06. The van der Waals surface area contributed by atoms with E-state index in [-0.39, 0.29) is 11.9 Å². The first-order valence-corrected chi connectivity index (χ1v) is 6.00. The SMILES string of the molecule is COc1cccc(CN2CCOC(C(=N)N)C2)c1. The van der Waals surface area contributed by atoms with Gasteiger partial charge in [-0.1, -0.05) is 12.1 Å². The van der Waals surface area contributed by atoms with Crippen LogP contribution in [0.2, 0.25) is 0 Å². The highest BCUT2D eigenvalue weighted by Gasteiger charge is 2.22. The highest BCUT2D eigenvalue weighted by atomic mass is 16.5. The number of rotatable bonds is 4. The summed E-state index contributed by atoms with van der Waals surface area (Å²) < 4.78 is 10.6. The minimum absolute atomic E-state index is 0.102. The molecule has 1 aromatic carbocycles. The summed E-state index contributed by atoms with van der Waals surface area (Å²) in [6, 6.07) is 8.01. The lowest BCUT2D eigenvalue weighted by Gasteiger charge is -2.32. The van der Waals surface area contributed by atoms with E-state index in [1.807, 2.05) is 18.2 Å². The molecule has 1 aliphatic heterocycles. The fraction of sp³-hybridized carbons (Fsp3) is 0.462. The van der Waals surface area contributed by atoms with Crippen molar-refractivity contribution in [2.24, 2.45) is 5.73 Å². The number of benzene rings is 1. The zero-order valence-electron chi connectivity index (χ0n) is 10.6. The number of hydrogen-bond acceptors (Lipinski definition) is 4. The van der Waals surface area contributed by atoms with Gasteiger partial charge in [0.25, 0.3) is 0 Å². The number of amidine groups is 1. The lowest BCUT2D eigenvalue weighted by molar-refractivity contribution is 0.00235. The number of ether oxygens (including phenoxy) is 2. The third-order valence-corrected chi connectivity index (χ3v) is 3.04. The maximum absolute atomic E-state index is 7.43. The largest absolute Gasteiger partial charge is 0.497 e. The molecule has 0 radical (unpaired) electrons. The average molecular weight is 249 g/mol. The van der Waals surface area contributed by atoms with Crippen LogP contribution >= 0.6 is 0 Å². The van der Waals surface area contributed by atoms with E-state index in [2.05, 4.69) is 11.0 Å². The van der Waals surface area contributed by atoms with Crippen LogP contribution in [0.4, 0.5) is 0 Å². The highest BCUT2D eigenvalue weighted by Crippen LogP contribution is 2.16. The van der Waals surface area contributed by atoms with E-state index in [1.54, 1.807) is 7.11 Å². The van der Waals surface area contributed by atoms with Gasteiger partial charge in [0.2, 0.25) is 0 Å². The Morgan fingerprint density at radius 1 is 1.61 bits per heavy atom. The summed E-state index contributed by atoms with van der Waals surface area (Å²) in [6.45, 7) is 2.98. The summed E-state index contributed by atoms with van der Waals surface area (Å²) in [6.07, 6.45) is -0.274. The van der Waals surface area contributed by atoms with Crippen LogP contribution < -0.4 is 10.5 Å². The maximum atomic E-state index is 7.43. The summed E-state index contributed by atoms with van der Waals surface area (Å²) in [5.41, 5.74) is 6.67. The van der Waals surface area contributed by atoms with Gasteiger partial charge >= 0.3 is 0 Å². The van der Waals surface area contributed by atoms with Crippen LogP contribution in [0.3, 0.4) is 0 Å². The van der Waals surface area contributed by atoms with Crippen LogP contribution in [0.5, 0.6) is 5.75 Å². The minimum Gasteiger partial charge on any atom is -0.497 e. The molecule has 1 saturated heterocycles. The Hall–Kier alpha value is -1.59. The normalized spacial score (nSPS) is 20.6. The lowest BCUT2D eigenvalue weighted by Crippen LogP contribution is -2.47. The van der Waals surface area contributed by atoms with Gasteiger partial charge in [-0.25, -0.2) is 0 Å². The zero-order chi connectivity index (χ0) is 13.0. The molecule has 0 bridgehead atoms. The van der Waals surface area contributed by atoms with Crippen LogP contribution in [0.25, 0.3) is 0 Å². The van der Waals surface area contributed by atoms with Gasteiger partial charge in [0.05, 0.1) is 13.7 Å². The first kappa shape index (κ1) is 12.9. The molecule has 1 fully saturated rings. The van der Waals surface area contributed by atoms with Crippen molar-refractivity contribution in [1.29, 1.82) is 5.41 Å². The van der Waals surface area contributed by atoms with Crippen LogP contribution in [0, 0.1) is 5.41 Å². The average Bonchev–Trinajstić information content (AvgIpc) is 2.39. The summed E-state index contributed by atoms with van der Waals surface area (Å²) in [7, 11) is 1.67. The molecule has 1 aromatic rings. The number of nitrogens with zero attached hydrogens (tertiary/aromatic N) is 1. The molecule has 0 amide bonds. The second-order valence-electron chi connectivity index (χ2n) is 4.40. The molecule has 1 aliphatic rings. The maximum Gasteiger partial charge on any atom is 0.127 e. The Kier molecular flexibility index (Phi) is 4.17. The summed E-state index contributed by atoms with van der Waals surface area (Å²) >= 11 is 0. The Morgan fingerprint density at radius 3 is 3.17 bits per heavy atom. The van der Waals surface area contributed by atoms with E-state index in [1.165, 1.54) is 5.56 Å². The number of nitrogens with one attached hydrogen (secondary N) is 1. The summed E-state index contributed by atoms with van der Waals surface area (Å²) in [5.74, 6) is 0.967. The number of hydrogen-bond donors (Lipinski definition) is 2. The molecule has 0 aromatic heterocycles. The number of methoxy groups -OCH3 is 1. The molecule has 98 valence electrons. The zero-order valence-corrected chi connectivity index (χ0v) is 10.6. The standard InChI is InChI=1S/C13H19N3O2/c1-17-11-4-2-3-10(7-11)8-16-5-6-18-12(9-16)13(14)15/h2-4,7,12H,5-6,8-9H2,1H3,(H3,14,15). The van der Waals surface area contributed by atoms with Crippen molar-refractivity contribution in [3.8, 4) is 5.75 Å². The van der Waals surface area contributed by atoms with Gasteiger partial charge in [-0.05, 0) is 17.7 Å². The quantitative estimate of drug-likeness (QED) is 0.612. The van der Waals surface area contributed by atoms with E-state index in [4.69, 9.17) is 20.6 Å². The monoisotopic (exact) mass is 249 g/mol. The van der Waals surface area contributed by atoms with Crippen molar-refractivity contribution in [1.82, 2.24) is 4.90 Å². The van der Waals surface area contributed by atoms with Crippen molar-refractivity contribution in [3.63, 3.8) is 0 Å². The molecule has 1 atom stereocenters. The number of morpholine rings is 1. The van der Waals surface area contributed by atoms with Crippen molar-refractivity contribution in [2.75, 3.05) is 26.8 Å². The third kappa shape index (κ3) is 3.21. The van der Waals surface area contributed by atoms with Crippen LogP contribution in [0.1, 0.15) is 5.56 Å². The molecule has 18 heavy (non-hydrogen) atoms. The van der Waals surface area contributed by atoms with E-state index in [0.29, 0.717) is 13.2 Å². The van der Waals surface area contributed by atoms with Gasteiger partial charge in [0.1, 0.15) is 17.7 Å². The predicted molar refractivity (Wildman–Crippen MR) is 69.9 cm³/mol. The van der Waals surface area contributed by atoms with Crippen molar-refractivity contribution in [3.05, 3.63) is 29.8 Å². The topological polar surface area (TPSA) is 71.6 Å². The molecule has 1 unspecified atom stereocenters. The fourth-order valence-corrected chi connectivity index (χ4v) is 2.06. The molecule has 3 N–H and O–H groups in total. The molecule has 1 heterocycles. The van der Waals surface area contributed by atoms with Gasteiger partial charge in [-0.2, -0.15) is 0 Å². The van der Waals surface area contributed by atoms with Gasteiger partial charge in [-0.15, -0.1) is 0 Å². The molecule has 2 rings (SSSR count). The van der Waals surface area contributed by atoms with Gasteiger partial charge in [-0.3, -0.25) is 10.3 Å². The van der Waals surface area contributed by atoms with E-state index in [0.717, 1.165) is 18.8 Å². The Bertz CT molecular complexity index is 422. The predicted octanol–water partition coefficient (Wildman–Crippen LogP) is 0.832. The number of nitrogens with two attached hydrogens (primary N) is 1. The molecule has 5 heteroatoms. The van der Waals surface area contributed by atoms with Crippen molar-refractivity contribution in [2.45, 2.75) is 12.6 Å². The van der Waals surface area contributed by atoms with E-state index < -0.39 is 0 Å². The van der Waals surface area contributed by atoms with Crippen molar-refractivity contribution < 1.29 is 9.47 Å². The van der Waals surface area contributed by atoms with Crippen LogP contribution in [0.15, 0.2) is 24.3 Å². The molecule has 0 aliphatic carbocycles. The van der Waals surface area contributed by atoms with E-state index >= 15 is 0 Å². The van der Waals surface area contributed by atoms with Gasteiger partial charge in [0.15, 0.2) is 0 Å².